The first-order valence-corrected chi connectivity index (χ1v) is 22.0. The number of H-pyrrole nitrogens is 3. The number of rotatable bonds is 16. The van der Waals surface area contributed by atoms with Gasteiger partial charge in [-0.15, -0.1) is 0 Å². The third-order valence-electron chi connectivity index (χ3n) is 11.7. The quantitative estimate of drug-likeness (QED) is 0.0421. The second kappa shape index (κ2) is 19.7. The Morgan fingerprint density at radius 3 is 2.33 bits per heavy atom. The smallest absolute Gasteiger partial charge is 0.407 e. The van der Waals surface area contributed by atoms with E-state index >= 15 is 0 Å². The van der Waals surface area contributed by atoms with Crippen LogP contribution in [-0.4, -0.2) is 84.7 Å². The van der Waals surface area contributed by atoms with Gasteiger partial charge in [-0.2, -0.15) is 0 Å². The van der Waals surface area contributed by atoms with E-state index in [4.69, 9.17) is 14.5 Å². The zero-order chi connectivity index (χ0) is 45.4. The Balaban J connectivity index is 0.00000408. The first kappa shape index (κ1) is 45.2. The van der Waals surface area contributed by atoms with E-state index in [1.807, 2.05) is 85.1 Å². The number of nitrogens with zero attached hydrogens (tertiary/aromatic N) is 3. The fourth-order valence-electron chi connectivity index (χ4n) is 8.09. The van der Waals surface area contributed by atoms with Crippen LogP contribution in [0.25, 0.3) is 21.9 Å². The molecule has 1 fully saturated rings. The standard InChI is InChI=1S/C48H59N9O7.2H2/c1-47(2,3)64-42(58)37(20-13-14-24-49-46(62)63-30-31-15-7-6-8-16-31)52-43(59)48(4,5)40-29-51-41(55-40)38(27-32-28-50-35-18-10-9-17-34(32)35)54-44(60)56-25-22-33(23-26-56)57-39-21-12-11-19-36(39)53-45(57)61;;/h6-12,15-19,21,28-29,33,37-38,50H,13-14,20,22-27,30H2,1-5H3,(H,49,62)(H,51,55)(H,52,59)(H,53,61)(H,54,60);2*1H/t37-,38-;;/m1../s1. The van der Waals surface area contributed by atoms with Crippen molar-refractivity contribution < 1.29 is 31.5 Å². The molecule has 3 aromatic heterocycles. The van der Waals surface area contributed by atoms with E-state index in [1.165, 1.54) is 0 Å². The number of aromatic nitrogens is 5. The molecular formula is C48H63N9O7. The molecule has 0 unspecified atom stereocenters. The van der Waals surface area contributed by atoms with Crippen molar-refractivity contribution in [3.8, 4) is 0 Å². The van der Waals surface area contributed by atoms with Crippen molar-refractivity contribution >= 4 is 45.9 Å². The zero-order valence-corrected chi connectivity index (χ0v) is 37.2. The summed E-state index contributed by atoms with van der Waals surface area (Å²) in [5, 5.41) is 9.92. The van der Waals surface area contributed by atoms with Crippen molar-refractivity contribution in [2.45, 2.75) is 109 Å². The number of hydrogen-bond donors (Lipinski definition) is 6. The van der Waals surface area contributed by atoms with Crippen LogP contribution >= 0.6 is 0 Å². The number of unbranched alkanes of at least 4 members (excludes halogenated alkanes) is 1. The first-order chi connectivity index (χ1) is 30.7. The maximum Gasteiger partial charge on any atom is 0.407 e. The van der Waals surface area contributed by atoms with Gasteiger partial charge < -0.3 is 45.3 Å². The van der Waals surface area contributed by atoms with Gasteiger partial charge in [0.1, 0.15) is 24.1 Å². The summed E-state index contributed by atoms with van der Waals surface area (Å²) in [6.45, 7) is 10.2. The molecule has 64 heavy (non-hydrogen) atoms. The van der Waals surface area contributed by atoms with Crippen molar-refractivity contribution in [2.24, 2.45) is 0 Å². The summed E-state index contributed by atoms with van der Waals surface area (Å²) in [6, 6.07) is 23.1. The maximum absolute atomic E-state index is 14.1. The van der Waals surface area contributed by atoms with Gasteiger partial charge in [0.25, 0.3) is 0 Å². The molecule has 0 radical (unpaired) electrons. The Hall–Kier alpha value is -6.84. The van der Waals surface area contributed by atoms with Crippen LogP contribution < -0.4 is 21.6 Å². The molecule has 0 aliphatic carbocycles. The van der Waals surface area contributed by atoms with Crippen LogP contribution in [0.15, 0.2) is 96.1 Å². The number of alkyl carbamates (subject to hydrolysis) is 1. The number of carbonyl (C=O) groups excluding carboxylic acids is 4. The fourth-order valence-corrected chi connectivity index (χ4v) is 8.09. The average molecular weight is 878 g/mol. The Bertz CT molecular complexity index is 2620. The summed E-state index contributed by atoms with van der Waals surface area (Å²) in [5.41, 5.74) is 2.83. The largest absolute Gasteiger partial charge is 0.458 e. The molecule has 6 aromatic rings. The third kappa shape index (κ3) is 11.0. The van der Waals surface area contributed by atoms with Gasteiger partial charge in [0, 0.05) is 63.9 Å². The molecule has 1 aliphatic rings. The highest BCUT2D eigenvalue weighted by Crippen LogP contribution is 2.29. The molecule has 0 saturated carbocycles. The molecule has 1 aliphatic heterocycles. The lowest BCUT2D eigenvalue weighted by Gasteiger charge is -2.33. The number of ether oxygens (including phenoxy) is 2. The number of imidazole rings is 2. The monoisotopic (exact) mass is 877 g/mol. The number of carbonyl (C=O) groups is 4. The Kier molecular flexibility index (Phi) is 13.9. The van der Waals surface area contributed by atoms with E-state index < -0.39 is 41.1 Å². The summed E-state index contributed by atoms with van der Waals surface area (Å²) >= 11 is 0. The van der Waals surface area contributed by atoms with Gasteiger partial charge >= 0.3 is 23.8 Å². The fraction of sp³-hybridized carbons (Fsp3) is 0.417. The van der Waals surface area contributed by atoms with Crippen molar-refractivity contribution in [1.82, 2.24) is 45.4 Å². The van der Waals surface area contributed by atoms with Crippen LogP contribution in [0.2, 0.25) is 0 Å². The lowest BCUT2D eigenvalue weighted by Crippen LogP contribution is -2.50. The van der Waals surface area contributed by atoms with Gasteiger partial charge in [-0.3, -0.25) is 9.36 Å². The summed E-state index contributed by atoms with van der Waals surface area (Å²) in [6.07, 6.45) is 5.94. The van der Waals surface area contributed by atoms with Gasteiger partial charge in [-0.05, 0) is 96.0 Å². The van der Waals surface area contributed by atoms with Crippen molar-refractivity contribution in [2.75, 3.05) is 19.6 Å². The second-order valence-corrected chi connectivity index (χ2v) is 18.0. The predicted molar refractivity (Wildman–Crippen MR) is 248 cm³/mol. The molecule has 16 nitrogen and oxygen atoms in total. The number of nitrogens with one attached hydrogen (secondary N) is 6. The molecule has 6 N–H and O–H groups in total. The SMILES string of the molecule is CC(C)(C)OC(=O)[C@@H](CCCCNC(=O)OCc1ccccc1)NC(=O)C(C)(C)c1cnc([C@@H](Cc2c[nH]c3ccccc23)NC(=O)N2CCC(n3c(=O)[nH]c4ccccc43)CC2)[nH]1.[HH].[HH]. The van der Waals surface area contributed by atoms with Crippen LogP contribution in [0, 0.1) is 0 Å². The van der Waals surface area contributed by atoms with Crippen LogP contribution in [0.4, 0.5) is 9.59 Å². The van der Waals surface area contributed by atoms with Crippen LogP contribution in [0.3, 0.4) is 0 Å². The predicted octanol–water partition coefficient (Wildman–Crippen LogP) is 7.56. The number of piperidine rings is 1. The Morgan fingerprint density at radius 1 is 0.875 bits per heavy atom. The van der Waals surface area contributed by atoms with Gasteiger partial charge in [0.2, 0.25) is 5.91 Å². The van der Waals surface area contributed by atoms with E-state index in [0.29, 0.717) is 63.3 Å². The van der Waals surface area contributed by atoms with Gasteiger partial charge in [-0.1, -0.05) is 60.7 Å². The topological polar surface area (TPSA) is 208 Å². The summed E-state index contributed by atoms with van der Waals surface area (Å²) in [7, 11) is 0. The van der Waals surface area contributed by atoms with E-state index in [2.05, 4.69) is 30.9 Å². The van der Waals surface area contributed by atoms with E-state index in [-0.39, 0.29) is 33.6 Å². The highest BCUT2D eigenvalue weighted by atomic mass is 16.6. The minimum atomic E-state index is -1.19. The minimum absolute atomic E-state index is 0. The molecule has 0 spiro atoms. The highest BCUT2D eigenvalue weighted by molar-refractivity contribution is 5.91. The van der Waals surface area contributed by atoms with Gasteiger partial charge in [-0.25, -0.2) is 24.2 Å². The lowest BCUT2D eigenvalue weighted by molar-refractivity contribution is -0.159. The summed E-state index contributed by atoms with van der Waals surface area (Å²) in [4.78, 5) is 82.9. The number of likely N-dealkylation sites (tertiary alicyclic amines) is 1. The normalized spacial score (nSPS) is 14.5. The number of urea groups is 1. The summed E-state index contributed by atoms with van der Waals surface area (Å²) in [5.74, 6) is -0.514. The molecule has 7 rings (SSSR count). The molecule has 1 saturated heterocycles. The molecule has 0 bridgehead atoms. The Labute approximate surface area is 374 Å². The second-order valence-electron chi connectivity index (χ2n) is 18.0. The molecule has 342 valence electrons. The molecule has 16 heteroatoms. The Morgan fingerprint density at radius 2 is 1.58 bits per heavy atom. The molecule has 2 atom stereocenters. The van der Waals surface area contributed by atoms with E-state index in [0.717, 1.165) is 33.1 Å². The third-order valence-corrected chi connectivity index (χ3v) is 11.7. The number of hydrogen-bond acceptors (Lipinski definition) is 8. The maximum atomic E-state index is 14.1. The van der Waals surface area contributed by atoms with Crippen molar-refractivity contribution in [3.05, 3.63) is 124 Å². The average Bonchev–Trinajstić information content (AvgIpc) is 4.02. The van der Waals surface area contributed by atoms with E-state index in [1.54, 1.807) is 50.3 Å². The molecule has 3 aromatic carbocycles. The molecule has 4 heterocycles. The number of fused-ring (bicyclic) bond motifs is 2. The van der Waals surface area contributed by atoms with Crippen LogP contribution in [-0.2, 0) is 37.5 Å². The van der Waals surface area contributed by atoms with Crippen molar-refractivity contribution in [1.29, 1.82) is 0 Å². The zero-order valence-electron chi connectivity index (χ0n) is 37.2. The van der Waals surface area contributed by atoms with E-state index in [9.17, 15) is 24.0 Å². The number of esters is 1. The van der Waals surface area contributed by atoms with Crippen LogP contribution in [0.5, 0.6) is 0 Å². The molecular weight excluding hydrogens is 815 g/mol. The van der Waals surface area contributed by atoms with Gasteiger partial charge in [0.05, 0.1) is 22.5 Å². The lowest BCUT2D eigenvalue weighted by atomic mass is 9.88. The number of aromatic amines is 3. The highest BCUT2D eigenvalue weighted by Gasteiger charge is 2.37. The number of para-hydroxylation sites is 3. The number of benzene rings is 3. The first-order valence-electron chi connectivity index (χ1n) is 22.0. The van der Waals surface area contributed by atoms with Crippen molar-refractivity contribution in [3.63, 3.8) is 0 Å². The molecule has 4 amide bonds. The minimum Gasteiger partial charge on any atom is -0.458 e. The summed E-state index contributed by atoms with van der Waals surface area (Å²) < 4.78 is 12.8. The van der Waals surface area contributed by atoms with Crippen LogP contribution in [0.1, 0.15) is 104 Å². The number of amides is 4. The van der Waals surface area contributed by atoms with Gasteiger partial charge in [0.15, 0.2) is 0 Å².